The lowest BCUT2D eigenvalue weighted by molar-refractivity contribution is 0.389. The second-order valence-corrected chi connectivity index (χ2v) is 2.22. The van der Waals surface area contributed by atoms with Crippen LogP contribution < -0.4 is 0 Å². The monoisotopic (exact) mass is 145 g/mol. The van der Waals surface area contributed by atoms with E-state index in [2.05, 4.69) is 5.16 Å². The lowest BCUT2D eigenvalue weighted by Gasteiger charge is -1.84. The van der Waals surface area contributed by atoms with Gasteiger partial charge in [0.1, 0.15) is 0 Å². The van der Waals surface area contributed by atoms with Crippen LogP contribution in [0.3, 0.4) is 0 Å². The van der Waals surface area contributed by atoms with E-state index in [0.29, 0.717) is 5.88 Å². The van der Waals surface area contributed by atoms with Crippen LogP contribution in [-0.4, -0.2) is 5.16 Å². The van der Waals surface area contributed by atoms with Gasteiger partial charge in [0.05, 0.1) is 11.6 Å². The normalized spacial score (nSPS) is 10.1. The highest BCUT2D eigenvalue weighted by Gasteiger charge is 2.04. The minimum Gasteiger partial charge on any atom is -0.360 e. The third kappa shape index (κ3) is 1.08. The van der Waals surface area contributed by atoms with Crippen LogP contribution in [-0.2, 0) is 5.88 Å². The zero-order chi connectivity index (χ0) is 6.85. The Labute approximate surface area is 58.8 Å². The van der Waals surface area contributed by atoms with E-state index in [0.717, 1.165) is 17.0 Å². The minimum absolute atomic E-state index is 0.409. The zero-order valence-corrected chi connectivity index (χ0v) is 6.20. The predicted molar refractivity (Wildman–Crippen MR) is 35.5 cm³/mol. The molecule has 0 aromatic carbocycles. The number of halogens is 1. The Bertz CT molecular complexity index is 207. The molecular weight excluding hydrogens is 138 g/mol. The van der Waals surface area contributed by atoms with Crippen molar-refractivity contribution in [3.8, 4) is 0 Å². The molecule has 1 aromatic rings. The topological polar surface area (TPSA) is 26.0 Å². The van der Waals surface area contributed by atoms with Gasteiger partial charge in [0, 0.05) is 5.56 Å². The molecule has 2 nitrogen and oxygen atoms in total. The smallest absolute Gasteiger partial charge is 0.154 e. The lowest BCUT2D eigenvalue weighted by atomic mass is 10.2. The fraction of sp³-hybridized carbons (Fsp3) is 0.500. The van der Waals surface area contributed by atoms with Gasteiger partial charge in [0.25, 0.3) is 0 Å². The molecule has 0 aliphatic rings. The summed E-state index contributed by atoms with van der Waals surface area (Å²) in [6.07, 6.45) is 0. The van der Waals surface area contributed by atoms with E-state index >= 15 is 0 Å². The van der Waals surface area contributed by atoms with E-state index in [1.165, 1.54) is 0 Å². The average Bonchev–Trinajstić information content (AvgIpc) is 2.15. The van der Waals surface area contributed by atoms with Crippen LogP contribution in [0.5, 0.6) is 0 Å². The Morgan fingerprint density at radius 2 is 2.22 bits per heavy atom. The molecular formula is C6H8ClNO. The summed E-state index contributed by atoms with van der Waals surface area (Å²) in [5.74, 6) is 1.18. The molecule has 9 heavy (non-hydrogen) atoms. The standard InChI is InChI=1S/C6H8ClNO/c1-4-5(2)8-9-6(4)3-7/h3H2,1-2H3. The van der Waals surface area contributed by atoms with Crippen molar-refractivity contribution >= 4 is 11.6 Å². The molecule has 50 valence electrons. The van der Waals surface area contributed by atoms with Gasteiger partial charge in [0.2, 0.25) is 0 Å². The summed E-state index contributed by atoms with van der Waals surface area (Å²) in [5.41, 5.74) is 1.98. The van der Waals surface area contributed by atoms with Crippen LogP contribution in [0.25, 0.3) is 0 Å². The van der Waals surface area contributed by atoms with Crippen molar-refractivity contribution in [1.29, 1.82) is 0 Å². The van der Waals surface area contributed by atoms with E-state index in [9.17, 15) is 0 Å². The summed E-state index contributed by atoms with van der Waals surface area (Å²) >= 11 is 5.51. The van der Waals surface area contributed by atoms with E-state index in [-0.39, 0.29) is 0 Å². The highest BCUT2D eigenvalue weighted by molar-refractivity contribution is 6.16. The lowest BCUT2D eigenvalue weighted by Crippen LogP contribution is -1.77. The number of nitrogens with zero attached hydrogens (tertiary/aromatic N) is 1. The summed E-state index contributed by atoms with van der Waals surface area (Å²) in [6, 6.07) is 0. The van der Waals surface area contributed by atoms with Crippen LogP contribution >= 0.6 is 11.6 Å². The maximum Gasteiger partial charge on any atom is 0.154 e. The first-order valence-corrected chi connectivity index (χ1v) is 3.27. The van der Waals surface area contributed by atoms with E-state index < -0.39 is 0 Å². The van der Waals surface area contributed by atoms with Gasteiger partial charge in [-0.25, -0.2) is 0 Å². The van der Waals surface area contributed by atoms with Crippen molar-refractivity contribution in [2.24, 2.45) is 0 Å². The number of hydrogen-bond donors (Lipinski definition) is 0. The fourth-order valence-electron chi connectivity index (χ4n) is 0.587. The largest absolute Gasteiger partial charge is 0.360 e. The van der Waals surface area contributed by atoms with Crippen molar-refractivity contribution in [3.05, 3.63) is 17.0 Å². The van der Waals surface area contributed by atoms with Crippen molar-refractivity contribution in [1.82, 2.24) is 5.16 Å². The minimum atomic E-state index is 0.409. The molecule has 1 heterocycles. The average molecular weight is 146 g/mol. The van der Waals surface area contributed by atoms with Crippen LogP contribution in [0.4, 0.5) is 0 Å². The second kappa shape index (κ2) is 2.40. The van der Waals surface area contributed by atoms with Crippen LogP contribution in [0.15, 0.2) is 4.52 Å². The highest BCUT2D eigenvalue weighted by atomic mass is 35.5. The molecule has 1 aromatic heterocycles. The fourth-order valence-corrected chi connectivity index (χ4v) is 0.836. The Morgan fingerprint density at radius 3 is 2.44 bits per heavy atom. The first-order chi connectivity index (χ1) is 4.25. The van der Waals surface area contributed by atoms with Crippen molar-refractivity contribution in [2.45, 2.75) is 19.7 Å². The van der Waals surface area contributed by atoms with Crippen LogP contribution in [0, 0.1) is 13.8 Å². The summed E-state index contributed by atoms with van der Waals surface area (Å²) in [6.45, 7) is 3.85. The molecule has 0 amide bonds. The van der Waals surface area contributed by atoms with Gasteiger partial charge >= 0.3 is 0 Å². The maximum atomic E-state index is 5.51. The molecule has 0 unspecified atom stereocenters. The summed E-state index contributed by atoms with van der Waals surface area (Å²) in [7, 11) is 0. The summed E-state index contributed by atoms with van der Waals surface area (Å²) < 4.78 is 4.86. The quantitative estimate of drug-likeness (QED) is 0.566. The molecule has 3 heteroatoms. The molecule has 0 N–H and O–H groups in total. The highest BCUT2D eigenvalue weighted by Crippen LogP contribution is 2.12. The molecule has 0 radical (unpaired) electrons. The van der Waals surface area contributed by atoms with Gasteiger partial charge in [-0.2, -0.15) is 0 Å². The van der Waals surface area contributed by atoms with Gasteiger partial charge < -0.3 is 4.52 Å². The van der Waals surface area contributed by atoms with Gasteiger partial charge in [-0.05, 0) is 13.8 Å². The van der Waals surface area contributed by atoms with E-state index in [1.807, 2.05) is 13.8 Å². The van der Waals surface area contributed by atoms with Gasteiger partial charge in [-0.1, -0.05) is 5.16 Å². The third-order valence-electron chi connectivity index (χ3n) is 1.38. The molecule has 1 rings (SSSR count). The van der Waals surface area contributed by atoms with Crippen molar-refractivity contribution in [3.63, 3.8) is 0 Å². The van der Waals surface area contributed by atoms with E-state index in [4.69, 9.17) is 16.1 Å². The van der Waals surface area contributed by atoms with Crippen molar-refractivity contribution < 1.29 is 4.52 Å². The van der Waals surface area contributed by atoms with Gasteiger partial charge in [-0.15, -0.1) is 11.6 Å². The number of aryl methyl sites for hydroxylation is 1. The number of aromatic nitrogens is 1. The van der Waals surface area contributed by atoms with Gasteiger partial charge in [-0.3, -0.25) is 0 Å². The van der Waals surface area contributed by atoms with E-state index in [1.54, 1.807) is 0 Å². The molecule has 0 aliphatic heterocycles. The Hall–Kier alpha value is -0.500. The Morgan fingerprint density at radius 1 is 1.56 bits per heavy atom. The maximum absolute atomic E-state index is 5.51. The predicted octanol–water partition coefficient (Wildman–Crippen LogP) is 2.03. The Balaban J connectivity index is 3.04. The number of hydrogen-bond acceptors (Lipinski definition) is 2. The molecule has 0 saturated carbocycles. The van der Waals surface area contributed by atoms with Crippen molar-refractivity contribution in [2.75, 3.05) is 0 Å². The van der Waals surface area contributed by atoms with Crippen LogP contribution in [0.2, 0.25) is 0 Å². The van der Waals surface area contributed by atoms with Crippen LogP contribution in [0.1, 0.15) is 17.0 Å². The number of rotatable bonds is 1. The molecule has 0 atom stereocenters. The zero-order valence-electron chi connectivity index (χ0n) is 5.44. The molecule has 0 bridgehead atoms. The SMILES string of the molecule is Cc1noc(CCl)c1C. The van der Waals surface area contributed by atoms with Gasteiger partial charge in [0.15, 0.2) is 5.76 Å². The molecule has 0 aliphatic carbocycles. The second-order valence-electron chi connectivity index (χ2n) is 1.95. The first kappa shape index (κ1) is 6.62. The molecule has 0 spiro atoms. The number of alkyl halides is 1. The first-order valence-electron chi connectivity index (χ1n) is 2.73. The summed E-state index contributed by atoms with van der Waals surface area (Å²) in [4.78, 5) is 0. The molecule has 0 fully saturated rings. The Kier molecular flexibility index (Phi) is 1.76. The summed E-state index contributed by atoms with van der Waals surface area (Å²) in [5, 5.41) is 3.73. The third-order valence-corrected chi connectivity index (χ3v) is 1.62. The molecule has 0 saturated heterocycles.